The molecule has 1 unspecified atom stereocenters. The van der Waals surface area contributed by atoms with Crippen LogP contribution in [-0.4, -0.2) is 18.8 Å². The predicted octanol–water partition coefficient (Wildman–Crippen LogP) is 4.16. The molecular formula is C17H36N2O. The van der Waals surface area contributed by atoms with Crippen molar-refractivity contribution in [2.75, 3.05) is 7.11 Å². The summed E-state index contributed by atoms with van der Waals surface area (Å²) in [6.07, 6.45) is 12.4. The van der Waals surface area contributed by atoms with Crippen LogP contribution >= 0.6 is 0 Å². The fourth-order valence-corrected chi connectivity index (χ4v) is 3.50. The van der Waals surface area contributed by atoms with E-state index in [9.17, 15) is 0 Å². The first-order chi connectivity index (χ1) is 9.49. The molecule has 0 bridgehead atoms. The largest absolute Gasteiger partial charge is 0.377 e. The van der Waals surface area contributed by atoms with Crippen molar-refractivity contribution in [2.24, 2.45) is 11.3 Å². The van der Waals surface area contributed by atoms with Gasteiger partial charge in [0.2, 0.25) is 0 Å². The van der Waals surface area contributed by atoms with Crippen molar-refractivity contribution >= 4 is 0 Å². The Hall–Kier alpha value is -0.120. The summed E-state index contributed by atoms with van der Waals surface area (Å²) >= 11 is 0. The molecule has 1 atom stereocenters. The van der Waals surface area contributed by atoms with Crippen molar-refractivity contribution < 1.29 is 4.74 Å². The maximum Gasteiger partial charge on any atom is 0.0844 e. The van der Waals surface area contributed by atoms with Crippen LogP contribution in [0.1, 0.15) is 85.0 Å². The zero-order valence-corrected chi connectivity index (χ0v) is 14.1. The third-order valence-corrected chi connectivity index (χ3v) is 5.29. The number of ether oxygens (including phenoxy) is 1. The molecular weight excluding hydrogens is 248 g/mol. The maximum absolute atomic E-state index is 5.96. The van der Waals surface area contributed by atoms with E-state index in [1.807, 2.05) is 7.11 Å². The standard InChI is InChI=1S/C17H36N2O/c1-5-6-7-8-9-10-15(19-18)17(20-4)13-11-16(2,3)12-14-17/h15,19H,5-14,18H2,1-4H3. The number of hydrogen-bond acceptors (Lipinski definition) is 3. The topological polar surface area (TPSA) is 47.3 Å². The van der Waals surface area contributed by atoms with Gasteiger partial charge in [0.25, 0.3) is 0 Å². The molecule has 0 aromatic carbocycles. The minimum absolute atomic E-state index is 0.0466. The lowest BCUT2D eigenvalue weighted by Crippen LogP contribution is -2.56. The van der Waals surface area contributed by atoms with Crippen molar-refractivity contribution in [3.8, 4) is 0 Å². The number of unbranched alkanes of at least 4 members (excludes halogenated alkanes) is 4. The zero-order chi connectivity index (χ0) is 15.1. The highest BCUT2D eigenvalue weighted by molar-refractivity contribution is 4.97. The molecule has 0 amide bonds. The van der Waals surface area contributed by atoms with Crippen LogP contribution in [-0.2, 0) is 4.74 Å². The second kappa shape index (κ2) is 8.35. The summed E-state index contributed by atoms with van der Waals surface area (Å²) in [5, 5.41) is 0. The number of hydrazine groups is 1. The lowest BCUT2D eigenvalue weighted by Gasteiger charge is -2.47. The van der Waals surface area contributed by atoms with Crippen LogP contribution in [0.25, 0.3) is 0 Å². The van der Waals surface area contributed by atoms with Crippen LogP contribution in [0.3, 0.4) is 0 Å². The predicted molar refractivity (Wildman–Crippen MR) is 86.5 cm³/mol. The number of hydrogen-bond donors (Lipinski definition) is 2. The first kappa shape index (κ1) is 17.9. The molecule has 0 aromatic heterocycles. The first-order valence-electron chi connectivity index (χ1n) is 8.51. The SMILES string of the molecule is CCCCCCCC(NN)C1(OC)CCC(C)(C)CC1. The quantitative estimate of drug-likeness (QED) is 0.379. The summed E-state index contributed by atoms with van der Waals surface area (Å²) in [5.41, 5.74) is 3.47. The summed E-state index contributed by atoms with van der Waals surface area (Å²) in [4.78, 5) is 0. The normalized spacial score (nSPS) is 22.6. The summed E-state index contributed by atoms with van der Waals surface area (Å²) in [6.45, 7) is 6.98. The smallest absolute Gasteiger partial charge is 0.0844 e. The number of nitrogens with two attached hydrogens (primary N) is 1. The monoisotopic (exact) mass is 284 g/mol. The van der Waals surface area contributed by atoms with E-state index in [2.05, 4.69) is 26.2 Å². The third-order valence-electron chi connectivity index (χ3n) is 5.29. The summed E-state index contributed by atoms with van der Waals surface area (Å²) in [7, 11) is 1.86. The minimum atomic E-state index is -0.0466. The van der Waals surface area contributed by atoms with E-state index in [1.165, 1.54) is 44.9 Å². The molecule has 120 valence electrons. The Bertz CT molecular complexity index is 256. The average molecular weight is 284 g/mol. The van der Waals surface area contributed by atoms with Crippen molar-refractivity contribution in [1.82, 2.24) is 5.43 Å². The van der Waals surface area contributed by atoms with Gasteiger partial charge in [-0.05, 0) is 37.5 Å². The van der Waals surface area contributed by atoms with E-state index in [0.29, 0.717) is 11.5 Å². The van der Waals surface area contributed by atoms with E-state index in [-0.39, 0.29) is 5.60 Å². The lowest BCUT2D eigenvalue weighted by atomic mass is 9.68. The van der Waals surface area contributed by atoms with Gasteiger partial charge in [-0.25, -0.2) is 0 Å². The molecule has 0 heterocycles. The van der Waals surface area contributed by atoms with Crippen molar-refractivity contribution in [3.63, 3.8) is 0 Å². The molecule has 1 fully saturated rings. The first-order valence-corrected chi connectivity index (χ1v) is 8.51. The Morgan fingerprint density at radius 3 is 2.15 bits per heavy atom. The Balaban J connectivity index is 2.48. The van der Waals surface area contributed by atoms with Gasteiger partial charge in [0.15, 0.2) is 0 Å². The Morgan fingerprint density at radius 2 is 1.65 bits per heavy atom. The summed E-state index contributed by atoms with van der Waals surface area (Å²) in [6, 6.07) is 0.297. The van der Waals surface area contributed by atoms with Crippen LogP contribution in [0, 0.1) is 5.41 Å². The second-order valence-corrected chi connectivity index (χ2v) is 7.36. The van der Waals surface area contributed by atoms with Gasteiger partial charge in [0.05, 0.1) is 11.6 Å². The van der Waals surface area contributed by atoms with E-state index >= 15 is 0 Å². The second-order valence-electron chi connectivity index (χ2n) is 7.36. The van der Waals surface area contributed by atoms with Gasteiger partial charge in [0.1, 0.15) is 0 Å². The maximum atomic E-state index is 5.96. The van der Waals surface area contributed by atoms with Crippen LogP contribution < -0.4 is 11.3 Å². The van der Waals surface area contributed by atoms with Gasteiger partial charge in [-0.3, -0.25) is 11.3 Å². The molecule has 3 nitrogen and oxygen atoms in total. The lowest BCUT2D eigenvalue weighted by molar-refractivity contribution is -0.0883. The molecule has 1 rings (SSSR count). The highest BCUT2D eigenvalue weighted by Crippen LogP contribution is 2.44. The van der Waals surface area contributed by atoms with Gasteiger partial charge < -0.3 is 4.74 Å². The molecule has 0 aliphatic heterocycles. The van der Waals surface area contributed by atoms with Crippen molar-refractivity contribution in [2.45, 2.75) is 96.6 Å². The molecule has 3 heteroatoms. The van der Waals surface area contributed by atoms with Gasteiger partial charge in [-0.1, -0.05) is 52.9 Å². The molecule has 0 aromatic rings. The molecule has 1 aliphatic rings. The van der Waals surface area contributed by atoms with Crippen LogP contribution in [0.5, 0.6) is 0 Å². The summed E-state index contributed by atoms with van der Waals surface area (Å²) < 4.78 is 5.96. The molecule has 1 aliphatic carbocycles. The van der Waals surface area contributed by atoms with E-state index < -0.39 is 0 Å². The van der Waals surface area contributed by atoms with E-state index in [4.69, 9.17) is 10.6 Å². The fraction of sp³-hybridized carbons (Fsp3) is 1.00. The van der Waals surface area contributed by atoms with Crippen molar-refractivity contribution in [1.29, 1.82) is 0 Å². The summed E-state index contributed by atoms with van der Waals surface area (Å²) in [5.74, 6) is 5.84. The number of rotatable bonds is 9. The number of methoxy groups -OCH3 is 1. The molecule has 0 radical (unpaired) electrons. The molecule has 20 heavy (non-hydrogen) atoms. The molecule has 0 spiro atoms. The Kier molecular flexibility index (Phi) is 7.49. The molecule has 1 saturated carbocycles. The highest BCUT2D eigenvalue weighted by Gasteiger charge is 2.43. The van der Waals surface area contributed by atoms with Gasteiger partial charge in [-0.15, -0.1) is 0 Å². The highest BCUT2D eigenvalue weighted by atomic mass is 16.5. The van der Waals surface area contributed by atoms with Crippen LogP contribution in [0.15, 0.2) is 0 Å². The van der Waals surface area contributed by atoms with E-state index in [1.54, 1.807) is 0 Å². The van der Waals surface area contributed by atoms with E-state index in [0.717, 1.165) is 19.3 Å². The van der Waals surface area contributed by atoms with Crippen LogP contribution in [0.2, 0.25) is 0 Å². The number of nitrogens with one attached hydrogen (secondary N) is 1. The average Bonchev–Trinajstić information content (AvgIpc) is 2.44. The Morgan fingerprint density at radius 1 is 1.05 bits per heavy atom. The van der Waals surface area contributed by atoms with Gasteiger partial charge in [0, 0.05) is 7.11 Å². The zero-order valence-electron chi connectivity index (χ0n) is 14.1. The van der Waals surface area contributed by atoms with Crippen molar-refractivity contribution in [3.05, 3.63) is 0 Å². The van der Waals surface area contributed by atoms with Crippen LogP contribution in [0.4, 0.5) is 0 Å². The minimum Gasteiger partial charge on any atom is -0.377 e. The Labute approximate surface area is 126 Å². The van der Waals surface area contributed by atoms with Gasteiger partial charge >= 0.3 is 0 Å². The molecule has 0 saturated heterocycles. The van der Waals surface area contributed by atoms with Gasteiger partial charge in [-0.2, -0.15) is 0 Å². The third kappa shape index (κ3) is 5.01. The molecule has 3 N–H and O–H groups in total. The fourth-order valence-electron chi connectivity index (χ4n) is 3.50.